The van der Waals surface area contributed by atoms with Crippen molar-refractivity contribution < 1.29 is 19.4 Å². The van der Waals surface area contributed by atoms with Crippen LogP contribution in [0.4, 0.5) is 0 Å². The fourth-order valence-corrected chi connectivity index (χ4v) is 5.09. The quantitative estimate of drug-likeness (QED) is 0.383. The third kappa shape index (κ3) is 5.23. The van der Waals surface area contributed by atoms with Crippen LogP contribution in [0, 0.1) is 19.8 Å². The molecule has 2 saturated carbocycles. The molecule has 0 bridgehead atoms. The lowest BCUT2D eigenvalue weighted by Gasteiger charge is -2.29. The van der Waals surface area contributed by atoms with Gasteiger partial charge in [0.05, 0.1) is 17.7 Å². The van der Waals surface area contributed by atoms with E-state index in [0.717, 1.165) is 65.9 Å². The van der Waals surface area contributed by atoms with Gasteiger partial charge in [-0.15, -0.1) is 0 Å². The number of hydrogen-bond donors (Lipinski definition) is 4. The van der Waals surface area contributed by atoms with Gasteiger partial charge in [0.1, 0.15) is 17.9 Å². The highest BCUT2D eigenvalue weighted by molar-refractivity contribution is 6.09. The summed E-state index contributed by atoms with van der Waals surface area (Å²) in [5, 5.41) is 14.9. The van der Waals surface area contributed by atoms with E-state index in [4.69, 9.17) is 9.84 Å². The van der Waals surface area contributed by atoms with Crippen molar-refractivity contribution in [2.24, 2.45) is 5.92 Å². The number of aryl methyl sites for hydroxylation is 2. The van der Waals surface area contributed by atoms with Gasteiger partial charge in [0.15, 0.2) is 0 Å². The van der Waals surface area contributed by atoms with Crippen molar-refractivity contribution in [2.45, 2.75) is 64.5 Å². The second-order valence-electron chi connectivity index (χ2n) is 10.2. The van der Waals surface area contributed by atoms with Gasteiger partial charge < -0.3 is 25.5 Å². The van der Waals surface area contributed by atoms with Crippen molar-refractivity contribution in [3.63, 3.8) is 0 Å². The molecule has 190 valence electrons. The number of hydrogen-bond acceptors (Lipinski definition) is 5. The molecule has 5 rings (SSSR count). The molecule has 36 heavy (non-hydrogen) atoms. The molecule has 0 saturated heterocycles. The highest BCUT2D eigenvalue weighted by Crippen LogP contribution is 2.38. The standard InChI is InChI=1S/C28H34N4O4/c1-16-3-10-23(36-15-18-4-5-18)22(13-16)21-11-12-29-27-25(17(2)30-26(21)27)28(35)32-20-8-6-19(7-9-20)31-24(34)14-33/h3,10-13,18-20,30,33H,4-9,14-15H2,1-2H3,(H,31,34)(H,32,35)/t19-,20+. The molecular weight excluding hydrogens is 456 g/mol. The minimum absolute atomic E-state index is 0.0338. The number of carbonyl (C=O) groups is 2. The van der Waals surface area contributed by atoms with E-state index in [9.17, 15) is 9.59 Å². The van der Waals surface area contributed by atoms with Crippen LogP contribution in [0.1, 0.15) is 60.1 Å². The number of ether oxygens (including phenoxy) is 1. The van der Waals surface area contributed by atoms with Gasteiger partial charge in [-0.05, 0) is 76.5 Å². The van der Waals surface area contributed by atoms with Gasteiger partial charge >= 0.3 is 0 Å². The molecule has 2 fully saturated rings. The molecular formula is C28H34N4O4. The summed E-state index contributed by atoms with van der Waals surface area (Å²) >= 11 is 0. The number of nitrogens with zero attached hydrogens (tertiary/aromatic N) is 1. The van der Waals surface area contributed by atoms with Crippen LogP contribution in [0.5, 0.6) is 5.75 Å². The second kappa shape index (κ2) is 10.3. The molecule has 0 atom stereocenters. The maximum absolute atomic E-state index is 13.4. The molecule has 3 aromatic rings. The van der Waals surface area contributed by atoms with E-state index in [1.807, 2.05) is 19.1 Å². The zero-order valence-electron chi connectivity index (χ0n) is 20.9. The molecule has 2 aromatic heterocycles. The van der Waals surface area contributed by atoms with Gasteiger partial charge in [0, 0.05) is 35.1 Å². The van der Waals surface area contributed by atoms with E-state index in [1.54, 1.807) is 6.20 Å². The van der Waals surface area contributed by atoms with E-state index < -0.39 is 6.61 Å². The number of nitrogens with one attached hydrogen (secondary N) is 3. The summed E-state index contributed by atoms with van der Waals surface area (Å²) < 4.78 is 6.19. The average molecular weight is 491 g/mol. The Kier molecular flexibility index (Phi) is 6.96. The predicted octanol–water partition coefficient (Wildman–Crippen LogP) is 3.79. The van der Waals surface area contributed by atoms with E-state index >= 15 is 0 Å². The van der Waals surface area contributed by atoms with Gasteiger partial charge in [-0.2, -0.15) is 0 Å². The maximum atomic E-state index is 13.4. The molecule has 2 heterocycles. The van der Waals surface area contributed by atoms with Gasteiger partial charge in [0.25, 0.3) is 5.91 Å². The van der Waals surface area contributed by atoms with Crippen molar-refractivity contribution >= 4 is 22.8 Å². The van der Waals surface area contributed by atoms with E-state index in [2.05, 4.69) is 39.7 Å². The number of fused-ring (bicyclic) bond motifs is 1. The Morgan fingerprint density at radius 2 is 1.75 bits per heavy atom. The molecule has 2 amide bonds. The third-order valence-corrected chi connectivity index (χ3v) is 7.27. The first kappa shape index (κ1) is 24.3. The van der Waals surface area contributed by atoms with Crippen molar-refractivity contribution in [3.05, 3.63) is 47.3 Å². The summed E-state index contributed by atoms with van der Waals surface area (Å²) in [5.74, 6) is 1.01. The average Bonchev–Trinajstić information content (AvgIpc) is 3.63. The summed E-state index contributed by atoms with van der Waals surface area (Å²) in [4.78, 5) is 32.8. The normalized spacial score (nSPS) is 19.8. The van der Waals surface area contributed by atoms with E-state index in [1.165, 1.54) is 12.8 Å². The first-order valence-electron chi connectivity index (χ1n) is 12.8. The third-order valence-electron chi connectivity index (χ3n) is 7.27. The Morgan fingerprint density at radius 3 is 2.44 bits per heavy atom. The molecule has 0 aliphatic heterocycles. The summed E-state index contributed by atoms with van der Waals surface area (Å²) in [5.41, 5.74) is 5.94. The molecule has 0 spiro atoms. The highest BCUT2D eigenvalue weighted by Gasteiger charge is 2.27. The largest absolute Gasteiger partial charge is 0.493 e. The highest BCUT2D eigenvalue weighted by atomic mass is 16.5. The minimum atomic E-state index is -0.498. The van der Waals surface area contributed by atoms with Crippen LogP contribution in [-0.4, -0.2) is 52.2 Å². The fraction of sp³-hybridized carbons (Fsp3) is 0.464. The lowest BCUT2D eigenvalue weighted by molar-refractivity contribution is -0.124. The Balaban J connectivity index is 1.37. The van der Waals surface area contributed by atoms with Crippen LogP contribution in [-0.2, 0) is 4.79 Å². The first-order valence-corrected chi connectivity index (χ1v) is 12.8. The number of amides is 2. The van der Waals surface area contributed by atoms with Gasteiger partial charge in [-0.25, -0.2) is 0 Å². The SMILES string of the molecule is Cc1ccc(OCC2CC2)c(-c2ccnc3c(C(=O)N[C@H]4CC[C@@H](NC(=O)CO)CC4)c(C)[nH]c23)c1. The molecule has 4 N–H and O–H groups in total. The van der Waals surface area contributed by atoms with Crippen molar-refractivity contribution in [1.82, 2.24) is 20.6 Å². The summed E-state index contributed by atoms with van der Waals surface area (Å²) in [6, 6.07) is 8.27. The van der Waals surface area contributed by atoms with Crippen molar-refractivity contribution in [2.75, 3.05) is 13.2 Å². The van der Waals surface area contributed by atoms with Crippen LogP contribution in [0.25, 0.3) is 22.2 Å². The summed E-state index contributed by atoms with van der Waals surface area (Å²) in [6.07, 6.45) is 7.29. The van der Waals surface area contributed by atoms with Crippen LogP contribution in [0.3, 0.4) is 0 Å². The molecule has 0 unspecified atom stereocenters. The number of rotatable bonds is 8. The lowest BCUT2D eigenvalue weighted by Crippen LogP contribution is -2.44. The zero-order valence-corrected chi connectivity index (χ0v) is 20.9. The number of benzene rings is 1. The van der Waals surface area contributed by atoms with Crippen molar-refractivity contribution in [1.29, 1.82) is 0 Å². The first-order chi connectivity index (χ1) is 17.4. The molecule has 8 nitrogen and oxygen atoms in total. The van der Waals surface area contributed by atoms with Gasteiger partial charge in [0.2, 0.25) is 5.91 Å². The Bertz CT molecular complexity index is 1270. The van der Waals surface area contributed by atoms with Crippen molar-refractivity contribution in [3.8, 4) is 16.9 Å². The molecule has 0 radical (unpaired) electrons. The molecule has 2 aliphatic rings. The Hall–Kier alpha value is -3.39. The minimum Gasteiger partial charge on any atom is -0.493 e. The van der Waals surface area contributed by atoms with Crippen LogP contribution in [0.15, 0.2) is 30.5 Å². The second-order valence-corrected chi connectivity index (χ2v) is 10.2. The summed E-state index contributed by atoms with van der Waals surface area (Å²) in [7, 11) is 0. The monoisotopic (exact) mass is 490 g/mol. The molecule has 2 aliphatic carbocycles. The molecule has 8 heteroatoms. The number of aliphatic hydroxyl groups excluding tert-OH is 1. The zero-order chi connectivity index (χ0) is 25.2. The van der Waals surface area contributed by atoms with Crippen LogP contribution in [0.2, 0.25) is 0 Å². The number of aromatic amines is 1. The number of carbonyl (C=O) groups excluding carboxylic acids is 2. The van der Waals surface area contributed by atoms with Crippen LogP contribution < -0.4 is 15.4 Å². The lowest BCUT2D eigenvalue weighted by atomic mass is 9.91. The molecule has 1 aromatic carbocycles. The number of H-pyrrole nitrogens is 1. The summed E-state index contributed by atoms with van der Waals surface area (Å²) in [6.45, 7) is 4.20. The van der Waals surface area contributed by atoms with E-state index in [-0.39, 0.29) is 23.9 Å². The van der Waals surface area contributed by atoms with Gasteiger partial charge in [-0.1, -0.05) is 11.6 Å². The van der Waals surface area contributed by atoms with Crippen LogP contribution >= 0.6 is 0 Å². The number of pyridine rings is 1. The fourth-order valence-electron chi connectivity index (χ4n) is 5.09. The topological polar surface area (TPSA) is 116 Å². The van der Waals surface area contributed by atoms with E-state index in [0.29, 0.717) is 17.0 Å². The number of aromatic nitrogens is 2. The predicted molar refractivity (Wildman–Crippen MR) is 138 cm³/mol. The Labute approximate surface area is 210 Å². The Morgan fingerprint density at radius 1 is 1.03 bits per heavy atom. The van der Waals surface area contributed by atoms with Gasteiger partial charge in [-0.3, -0.25) is 14.6 Å². The number of aliphatic hydroxyl groups is 1. The maximum Gasteiger partial charge on any atom is 0.255 e. The smallest absolute Gasteiger partial charge is 0.255 e.